The second kappa shape index (κ2) is 8.13. The van der Waals surface area contributed by atoms with Crippen molar-refractivity contribution in [3.8, 4) is 0 Å². The van der Waals surface area contributed by atoms with E-state index in [-0.39, 0.29) is 0 Å². The predicted octanol–water partition coefficient (Wildman–Crippen LogP) is 4.63. The summed E-state index contributed by atoms with van der Waals surface area (Å²) in [6, 6.07) is 2.90. The summed E-state index contributed by atoms with van der Waals surface area (Å²) in [5.41, 5.74) is 0. The Balaban J connectivity index is 1.68. The molecular formula is C14H22Br2N2S. The fourth-order valence-electron chi connectivity index (χ4n) is 2.47. The van der Waals surface area contributed by atoms with Crippen LogP contribution in [0.4, 0.5) is 0 Å². The Bertz CT molecular complexity index is 367. The number of hydrogen-bond donors (Lipinski definition) is 1. The highest BCUT2D eigenvalue weighted by Crippen LogP contribution is 2.32. The van der Waals surface area contributed by atoms with E-state index in [4.69, 9.17) is 0 Å². The van der Waals surface area contributed by atoms with Gasteiger partial charge < -0.3 is 10.2 Å². The highest BCUT2D eigenvalue weighted by molar-refractivity contribution is 9.13. The maximum absolute atomic E-state index is 3.70. The second-order valence-electron chi connectivity index (χ2n) is 5.18. The van der Waals surface area contributed by atoms with Gasteiger partial charge in [0.05, 0.1) is 3.79 Å². The molecule has 19 heavy (non-hydrogen) atoms. The maximum atomic E-state index is 3.70. The smallest absolute Gasteiger partial charge is 0.0843 e. The van der Waals surface area contributed by atoms with E-state index in [1.165, 1.54) is 58.5 Å². The SMILES string of the molecule is CCCCN1CCC(NCc2cc(Br)c(Br)s2)CC1. The Hall–Kier alpha value is 0.580. The molecule has 1 aromatic rings. The zero-order valence-electron chi connectivity index (χ0n) is 11.4. The van der Waals surface area contributed by atoms with Crippen molar-refractivity contribution in [2.75, 3.05) is 19.6 Å². The minimum absolute atomic E-state index is 0.692. The molecule has 1 aliphatic rings. The van der Waals surface area contributed by atoms with Crippen LogP contribution in [0, 0.1) is 0 Å². The van der Waals surface area contributed by atoms with Crippen LogP contribution in [0.15, 0.2) is 14.3 Å². The number of unbranched alkanes of at least 4 members (excludes halogenated alkanes) is 1. The van der Waals surface area contributed by atoms with Gasteiger partial charge in [-0.2, -0.15) is 0 Å². The number of piperidine rings is 1. The molecule has 0 spiro atoms. The van der Waals surface area contributed by atoms with Crippen molar-refractivity contribution in [1.29, 1.82) is 0 Å². The van der Waals surface area contributed by atoms with Crippen molar-refractivity contribution in [1.82, 2.24) is 10.2 Å². The van der Waals surface area contributed by atoms with Gasteiger partial charge in [0.1, 0.15) is 0 Å². The number of thiophene rings is 1. The molecule has 0 atom stereocenters. The summed E-state index contributed by atoms with van der Waals surface area (Å²) in [6.45, 7) is 7.07. The Labute approximate surface area is 137 Å². The molecule has 1 N–H and O–H groups in total. The molecule has 1 fully saturated rings. The quantitative estimate of drug-likeness (QED) is 0.736. The first-order valence-electron chi connectivity index (χ1n) is 7.08. The monoisotopic (exact) mass is 408 g/mol. The van der Waals surface area contributed by atoms with Crippen LogP contribution in [0.25, 0.3) is 0 Å². The van der Waals surface area contributed by atoms with Gasteiger partial charge in [-0.1, -0.05) is 13.3 Å². The van der Waals surface area contributed by atoms with E-state index in [0.29, 0.717) is 6.04 Å². The first-order chi connectivity index (χ1) is 9.19. The summed E-state index contributed by atoms with van der Waals surface area (Å²) in [4.78, 5) is 4.01. The van der Waals surface area contributed by atoms with Gasteiger partial charge in [0.2, 0.25) is 0 Å². The third kappa shape index (κ3) is 5.12. The fourth-order valence-corrected chi connectivity index (χ4v) is 4.59. The van der Waals surface area contributed by atoms with Gasteiger partial charge in [0.15, 0.2) is 0 Å². The summed E-state index contributed by atoms with van der Waals surface area (Å²) >= 11 is 8.91. The van der Waals surface area contributed by atoms with Gasteiger partial charge in [-0.15, -0.1) is 11.3 Å². The maximum Gasteiger partial charge on any atom is 0.0843 e. The molecule has 0 aromatic carbocycles. The summed E-state index contributed by atoms with van der Waals surface area (Å²) in [5.74, 6) is 0. The Kier molecular flexibility index (Phi) is 6.83. The third-order valence-electron chi connectivity index (χ3n) is 3.68. The number of rotatable bonds is 6. The van der Waals surface area contributed by atoms with Gasteiger partial charge in [-0.25, -0.2) is 0 Å². The summed E-state index contributed by atoms with van der Waals surface area (Å²) < 4.78 is 2.36. The molecular weight excluding hydrogens is 388 g/mol. The number of hydrogen-bond acceptors (Lipinski definition) is 3. The van der Waals surface area contributed by atoms with Crippen LogP contribution in [0.1, 0.15) is 37.5 Å². The zero-order valence-corrected chi connectivity index (χ0v) is 15.4. The number of nitrogens with one attached hydrogen (secondary N) is 1. The Morgan fingerprint density at radius 2 is 2.11 bits per heavy atom. The van der Waals surface area contributed by atoms with Crippen molar-refractivity contribution >= 4 is 43.2 Å². The second-order valence-corrected chi connectivity index (χ2v) is 8.49. The molecule has 5 heteroatoms. The summed E-state index contributed by atoms with van der Waals surface area (Å²) in [7, 11) is 0. The topological polar surface area (TPSA) is 15.3 Å². The zero-order chi connectivity index (χ0) is 13.7. The predicted molar refractivity (Wildman–Crippen MR) is 90.9 cm³/mol. The first kappa shape index (κ1) is 16.0. The fraction of sp³-hybridized carbons (Fsp3) is 0.714. The average molecular weight is 410 g/mol. The molecule has 2 heterocycles. The van der Waals surface area contributed by atoms with Gasteiger partial charge >= 0.3 is 0 Å². The first-order valence-corrected chi connectivity index (χ1v) is 9.48. The van der Waals surface area contributed by atoms with Crippen molar-refractivity contribution < 1.29 is 0 Å². The van der Waals surface area contributed by atoms with E-state index in [1.807, 2.05) is 11.3 Å². The Morgan fingerprint density at radius 3 is 2.68 bits per heavy atom. The van der Waals surface area contributed by atoms with Crippen LogP contribution in [-0.2, 0) is 6.54 Å². The molecule has 108 valence electrons. The van der Waals surface area contributed by atoms with E-state index in [9.17, 15) is 0 Å². The van der Waals surface area contributed by atoms with Crippen LogP contribution >= 0.6 is 43.2 Å². The molecule has 2 nitrogen and oxygen atoms in total. The lowest BCUT2D eigenvalue weighted by Crippen LogP contribution is -2.42. The van der Waals surface area contributed by atoms with E-state index in [0.717, 1.165) is 6.54 Å². The van der Waals surface area contributed by atoms with Crippen LogP contribution in [0.3, 0.4) is 0 Å². The third-order valence-corrected chi connectivity index (χ3v) is 6.93. The molecule has 2 rings (SSSR count). The van der Waals surface area contributed by atoms with E-state index in [2.05, 4.69) is 55.1 Å². The molecule has 0 amide bonds. The lowest BCUT2D eigenvalue weighted by molar-refractivity contribution is 0.195. The van der Waals surface area contributed by atoms with Crippen LogP contribution in [-0.4, -0.2) is 30.6 Å². The average Bonchev–Trinajstić information content (AvgIpc) is 2.74. The molecule has 0 saturated carbocycles. The van der Waals surface area contributed by atoms with Crippen LogP contribution in [0.5, 0.6) is 0 Å². The minimum Gasteiger partial charge on any atom is -0.309 e. The van der Waals surface area contributed by atoms with Crippen molar-refractivity contribution in [2.45, 2.75) is 45.2 Å². The number of halogens is 2. The van der Waals surface area contributed by atoms with E-state index in [1.54, 1.807) is 0 Å². The van der Waals surface area contributed by atoms with Crippen LogP contribution in [0.2, 0.25) is 0 Å². The molecule has 0 bridgehead atoms. The van der Waals surface area contributed by atoms with E-state index < -0.39 is 0 Å². The molecule has 1 aromatic heterocycles. The molecule has 0 aliphatic carbocycles. The molecule has 1 saturated heterocycles. The van der Waals surface area contributed by atoms with Crippen LogP contribution < -0.4 is 5.32 Å². The van der Waals surface area contributed by atoms with Gasteiger partial charge in [-0.05, 0) is 76.8 Å². The number of likely N-dealkylation sites (tertiary alicyclic amines) is 1. The van der Waals surface area contributed by atoms with E-state index >= 15 is 0 Å². The van der Waals surface area contributed by atoms with Crippen molar-refractivity contribution in [3.63, 3.8) is 0 Å². The molecule has 0 unspecified atom stereocenters. The van der Waals surface area contributed by atoms with Gasteiger partial charge in [0, 0.05) is 21.9 Å². The van der Waals surface area contributed by atoms with Crippen molar-refractivity contribution in [3.05, 3.63) is 19.2 Å². The number of nitrogens with zero attached hydrogens (tertiary/aromatic N) is 1. The molecule has 1 aliphatic heterocycles. The highest BCUT2D eigenvalue weighted by atomic mass is 79.9. The normalized spacial score (nSPS) is 18.1. The lowest BCUT2D eigenvalue weighted by atomic mass is 10.0. The standard InChI is InChI=1S/C14H22Br2N2S/c1-2-3-6-18-7-4-11(5-8-18)17-10-12-9-13(15)14(16)19-12/h9,11,17H,2-8,10H2,1H3. The minimum atomic E-state index is 0.692. The summed E-state index contributed by atoms with van der Waals surface area (Å²) in [6.07, 6.45) is 5.23. The largest absolute Gasteiger partial charge is 0.309 e. The van der Waals surface area contributed by atoms with Gasteiger partial charge in [0.25, 0.3) is 0 Å². The van der Waals surface area contributed by atoms with Gasteiger partial charge in [-0.3, -0.25) is 0 Å². The highest BCUT2D eigenvalue weighted by Gasteiger charge is 2.18. The molecule has 0 radical (unpaired) electrons. The van der Waals surface area contributed by atoms with Crippen molar-refractivity contribution in [2.24, 2.45) is 0 Å². The Morgan fingerprint density at radius 1 is 1.37 bits per heavy atom. The summed E-state index contributed by atoms with van der Waals surface area (Å²) in [5, 5.41) is 3.70. The lowest BCUT2D eigenvalue weighted by Gasteiger charge is -2.32.